The molecule has 1 aromatic carbocycles. The second-order valence-corrected chi connectivity index (χ2v) is 4.44. The van der Waals surface area contributed by atoms with Crippen LogP contribution in [0.25, 0.3) is 0 Å². The van der Waals surface area contributed by atoms with Gasteiger partial charge in [-0.05, 0) is 24.6 Å². The number of nitrogens with one attached hydrogen (secondary N) is 1. The van der Waals surface area contributed by atoms with E-state index in [4.69, 9.17) is 27.9 Å². The number of carbonyl (C=O) groups excluding carboxylic acids is 1. The lowest BCUT2D eigenvalue weighted by atomic mass is 10.3. The van der Waals surface area contributed by atoms with Crippen molar-refractivity contribution in [1.29, 1.82) is 0 Å². The van der Waals surface area contributed by atoms with Crippen molar-refractivity contribution in [1.82, 2.24) is 0 Å². The Labute approximate surface area is 121 Å². The topological polar surface area (TPSA) is 59.9 Å². The van der Waals surface area contributed by atoms with Crippen LogP contribution in [-0.4, -0.2) is 18.4 Å². The molecule has 0 fully saturated rings. The summed E-state index contributed by atoms with van der Waals surface area (Å²) in [6.45, 7) is 1.94. The molecule has 0 spiro atoms. The van der Waals surface area contributed by atoms with E-state index in [0.717, 1.165) is 6.42 Å². The normalized spacial score (nSPS) is 11.1. The number of anilines is 1. The fourth-order valence-electron chi connectivity index (χ4n) is 1.25. The van der Waals surface area contributed by atoms with E-state index in [2.05, 4.69) is 15.3 Å². The molecule has 0 atom stereocenters. The predicted molar refractivity (Wildman–Crippen MR) is 76.3 cm³/mol. The second-order valence-electron chi connectivity index (χ2n) is 3.57. The lowest BCUT2D eigenvalue weighted by Crippen LogP contribution is -2.12. The molecule has 0 unspecified atom stereocenters. The minimum atomic E-state index is -0.769. The fourth-order valence-corrected chi connectivity index (χ4v) is 1.65. The number of ether oxygens (including phenoxy) is 1. The Morgan fingerprint density at radius 1 is 1.47 bits per heavy atom. The Kier molecular flexibility index (Phi) is 6.45. The number of hydrogen-bond acceptors (Lipinski definition) is 4. The van der Waals surface area contributed by atoms with Gasteiger partial charge >= 0.3 is 6.09 Å². The summed E-state index contributed by atoms with van der Waals surface area (Å²) in [4.78, 5) is 16.1. The smallest absolute Gasteiger partial charge is 0.437 e. The highest BCUT2D eigenvalue weighted by atomic mass is 35.5. The first-order valence-corrected chi connectivity index (χ1v) is 6.36. The lowest BCUT2D eigenvalue weighted by Gasteiger charge is -2.08. The number of amides is 1. The highest BCUT2D eigenvalue weighted by Gasteiger charge is 2.09. The van der Waals surface area contributed by atoms with E-state index in [-0.39, 0.29) is 5.17 Å². The molecule has 0 aromatic heterocycles. The van der Waals surface area contributed by atoms with Gasteiger partial charge in [0.2, 0.25) is 0 Å². The standard InChI is InChI=1S/C12H14Cl2N2O3/c1-3-4-11(14)16-19-12(17)15-9-7-8(13)5-6-10(9)18-2/h5-7H,3-4H2,1-2H3,(H,15,17)/b16-11-. The molecule has 1 N–H and O–H groups in total. The summed E-state index contributed by atoms with van der Waals surface area (Å²) in [6.07, 6.45) is 0.597. The summed E-state index contributed by atoms with van der Waals surface area (Å²) in [5.74, 6) is 0.463. The highest BCUT2D eigenvalue weighted by Crippen LogP contribution is 2.27. The Hall–Kier alpha value is -1.46. The number of rotatable bonds is 5. The van der Waals surface area contributed by atoms with Crippen molar-refractivity contribution in [2.24, 2.45) is 5.16 Å². The van der Waals surface area contributed by atoms with Gasteiger partial charge in [-0.3, -0.25) is 10.2 Å². The Balaban J connectivity index is 2.66. The maximum Gasteiger partial charge on any atom is 0.437 e. The van der Waals surface area contributed by atoms with Crippen LogP contribution in [0.3, 0.4) is 0 Å². The zero-order valence-corrected chi connectivity index (χ0v) is 12.1. The van der Waals surface area contributed by atoms with Crippen LogP contribution in [0, 0.1) is 0 Å². The summed E-state index contributed by atoms with van der Waals surface area (Å²) in [6, 6.07) is 4.82. The maximum absolute atomic E-state index is 11.5. The molecule has 0 saturated carbocycles. The summed E-state index contributed by atoms with van der Waals surface area (Å²) in [5, 5.41) is 6.64. The van der Waals surface area contributed by atoms with Crippen molar-refractivity contribution in [2.75, 3.05) is 12.4 Å². The number of halogens is 2. The van der Waals surface area contributed by atoms with Crippen molar-refractivity contribution >= 4 is 40.2 Å². The molecule has 1 rings (SSSR count). The molecule has 5 nitrogen and oxygen atoms in total. The van der Waals surface area contributed by atoms with Gasteiger partial charge in [0, 0.05) is 11.4 Å². The van der Waals surface area contributed by atoms with Crippen LogP contribution in [0.5, 0.6) is 5.75 Å². The number of nitrogens with zero attached hydrogens (tertiary/aromatic N) is 1. The minimum Gasteiger partial charge on any atom is -0.495 e. The monoisotopic (exact) mass is 304 g/mol. The quantitative estimate of drug-likeness (QED) is 0.502. The average Bonchev–Trinajstić information content (AvgIpc) is 2.37. The molecular weight excluding hydrogens is 291 g/mol. The third-order valence-electron chi connectivity index (χ3n) is 2.08. The van der Waals surface area contributed by atoms with Gasteiger partial charge in [-0.2, -0.15) is 0 Å². The molecule has 0 heterocycles. The molecule has 0 aliphatic carbocycles. The first-order chi connectivity index (χ1) is 9.06. The third-order valence-corrected chi connectivity index (χ3v) is 2.58. The van der Waals surface area contributed by atoms with Gasteiger partial charge in [0.15, 0.2) is 0 Å². The van der Waals surface area contributed by atoms with Crippen LogP contribution in [0.15, 0.2) is 23.4 Å². The first kappa shape index (κ1) is 15.6. The van der Waals surface area contributed by atoms with Crippen LogP contribution < -0.4 is 10.1 Å². The van der Waals surface area contributed by atoms with Crippen molar-refractivity contribution in [3.8, 4) is 5.75 Å². The van der Waals surface area contributed by atoms with Crippen LogP contribution in [0.4, 0.5) is 10.5 Å². The molecule has 19 heavy (non-hydrogen) atoms. The van der Waals surface area contributed by atoms with Gasteiger partial charge in [0.05, 0.1) is 12.8 Å². The summed E-state index contributed by atoms with van der Waals surface area (Å²) < 4.78 is 5.07. The second kappa shape index (κ2) is 7.86. The largest absolute Gasteiger partial charge is 0.495 e. The molecule has 1 aromatic rings. The molecule has 0 radical (unpaired) electrons. The highest BCUT2D eigenvalue weighted by molar-refractivity contribution is 6.65. The third kappa shape index (κ3) is 5.36. The SMILES string of the molecule is CCC/C(Cl)=N/OC(=O)Nc1cc(Cl)ccc1OC. The summed E-state index contributed by atoms with van der Waals surface area (Å²) in [5.41, 5.74) is 0.391. The van der Waals surface area contributed by atoms with Crippen molar-refractivity contribution in [2.45, 2.75) is 19.8 Å². The predicted octanol–water partition coefficient (Wildman–Crippen LogP) is 4.25. The fraction of sp³-hybridized carbons (Fsp3) is 0.333. The van der Waals surface area contributed by atoms with E-state index < -0.39 is 6.09 Å². The molecular formula is C12H14Cl2N2O3. The maximum atomic E-state index is 11.5. The average molecular weight is 305 g/mol. The zero-order valence-electron chi connectivity index (χ0n) is 10.6. The van der Waals surface area contributed by atoms with Crippen LogP contribution in [-0.2, 0) is 4.84 Å². The molecule has 0 aliphatic heterocycles. The van der Waals surface area contributed by atoms with Crippen molar-refractivity contribution in [3.63, 3.8) is 0 Å². The molecule has 0 aliphatic rings. The van der Waals surface area contributed by atoms with Gasteiger partial charge in [-0.25, -0.2) is 4.79 Å². The van der Waals surface area contributed by atoms with E-state index in [1.165, 1.54) is 7.11 Å². The number of hydrogen-bond donors (Lipinski definition) is 1. The number of benzene rings is 1. The summed E-state index contributed by atoms with van der Waals surface area (Å²) >= 11 is 11.5. The molecule has 0 saturated heterocycles. The Bertz CT molecular complexity index is 478. The minimum absolute atomic E-state index is 0.232. The van der Waals surface area contributed by atoms with Gasteiger partial charge < -0.3 is 4.74 Å². The lowest BCUT2D eigenvalue weighted by molar-refractivity contribution is 0.166. The molecule has 0 bridgehead atoms. The Morgan fingerprint density at radius 2 is 2.21 bits per heavy atom. The number of carbonyl (C=O) groups is 1. The Morgan fingerprint density at radius 3 is 2.84 bits per heavy atom. The van der Waals surface area contributed by atoms with Crippen molar-refractivity contribution in [3.05, 3.63) is 23.2 Å². The van der Waals surface area contributed by atoms with E-state index in [9.17, 15) is 4.79 Å². The molecule has 1 amide bonds. The van der Waals surface area contributed by atoms with Gasteiger partial charge in [0.25, 0.3) is 0 Å². The van der Waals surface area contributed by atoms with Crippen LogP contribution in [0.1, 0.15) is 19.8 Å². The molecule has 7 heteroatoms. The van der Waals surface area contributed by atoms with E-state index in [1.807, 2.05) is 6.92 Å². The van der Waals surface area contributed by atoms with E-state index in [1.54, 1.807) is 18.2 Å². The van der Waals surface area contributed by atoms with Crippen LogP contribution in [0.2, 0.25) is 5.02 Å². The number of methoxy groups -OCH3 is 1. The zero-order chi connectivity index (χ0) is 14.3. The van der Waals surface area contributed by atoms with Crippen molar-refractivity contribution < 1.29 is 14.4 Å². The van der Waals surface area contributed by atoms with Gasteiger partial charge in [-0.15, -0.1) is 0 Å². The molecule has 104 valence electrons. The van der Waals surface area contributed by atoms with E-state index in [0.29, 0.717) is 22.9 Å². The first-order valence-electron chi connectivity index (χ1n) is 5.60. The number of oxime groups is 1. The van der Waals surface area contributed by atoms with Gasteiger partial charge in [-0.1, -0.05) is 35.3 Å². The van der Waals surface area contributed by atoms with E-state index >= 15 is 0 Å². The summed E-state index contributed by atoms with van der Waals surface area (Å²) in [7, 11) is 1.48. The van der Waals surface area contributed by atoms with Crippen LogP contribution >= 0.6 is 23.2 Å². The van der Waals surface area contributed by atoms with Gasteiger partial charge in [0.1, 0.15) is 10.9 Å².